The summed E-state index contributed by atoms with van der Waals surface area (Å²) in [6.45, 7) is 1.46. The molecule has 1 aliphatic heterocycles. The Bertz CT molecular complexity index is 1230. The first-order valence-electron chi connectivity index (χ1n) is 10.0. The largest absolute Gasteiger partial charge is 0.418 e. The monoisotopic (exact) mass is 525 g/mol. The number of hydrogen-bond donors (Lipinski definition) is 2. The Labute approximate surface area is 196 Å². The zero-order chi connectivity index (χ0) is 26.3. The van der Waals surface area contributed by atoms with Crippen molar-refractivity contribution in [3.05, 3.63) is 41.2 Å². The van der Waals surface area contributed by atoms with Gasteiger partial charge in [0.05, 0.1) is 33.5 Å². The van der Waals surface area contributed by atoms with E-state index in [2.05, 4.69) is 15.3 Å². The van der Waals surface area contributed by atoms with Crippen LogP contribution in [-0.4, -0.2) is 57.8 Å². The summed E-state index contributed by atoms with van der Waals surface area (Å²) < 4.78 is 105. The van der Waals surface area contributed by atoms with Gasteiger partial charge >= 0.3 is 12.4 Å². The van der Waals surface area contributed by atoms with E-state index < -0.39 is 63.4 Å². The van der Waals surface area contributed by atoms with Crippen LogP contribution in [0.25, 0.3) is 0 Å². The van der Waals surface area contributed by atoms with E-state index in [9.17, 15) is 35.3 Å². The summed E-state index contributed by atoms with van der Waals surface area (Å²) in [5.41, 5.74) is -2.35. The van der Waals surface area contributed by atoms with Gasteiger partial charge in [0.1, 0.15) is 10.8 Å². The van der Waals surface area contributed by atoms with Crippen LogP contribution in [0.5, 0.6) is 0 Å². The van der Waals surface area contributed by atoms with E-state index in [4.69, 9.17) is 9.52 Å². The number of morpholine rings is 1. The molecule has 192 valence electrons. The van der Waals surface area contributed by atoms with Crippen LogP contribution >= 0.6 is 0 Å². The van der Waals surface area contributed by atoms with Gasteiger partial charge in [0, 0.05) is 30.9 Å². The molecule has 2 aromatic rings. The van der Waals surface area contributed by atoms with Gasteiger partial charge in [-0.15, -0.1) is 0 Å². The lowest BCUT2D eigenvalue weighted by molar-refractivity contribution is -0.233. The number of ether oxygens (including phenoxy) is 1. The second-order valence-corrected chi connectivity index (χ2v) is 10.2. The zero-order valence-electron chi connectivity index (χ0n) is 18.6. The van der Waals surface area contributed by atoms with Crippen LogP contribution in [0.2, 0.25) is 0 Å². The first-order chi connectivity index (χ1) is 16.0. The number of anilines is 2. The maximum atomic E-state index is 13.5. The van der Waals surface area contributed by atoms with Crippen molar-refractivity contribution in [1.29, 1.82) is 4.78 Å². The molecule has 3 atom stereocenters. The molecule has 0 radical (unpaired) electrons. The molecule has 15 heteroatoms. The number of pyridine rings is 2. The van der Waals surface area contributed by atoms with E-state index >= 15 is 0 Å². The number of halogens is 6. The average Bonchev–Trinajstić information content (AvgIpc) is 2.71. The van der Waals surface area contributed by atoms with Gasteiger partial charge in [-0.3, -0.25) is 4.79 Å². The van der Waals surface area contributed by atoms with Crippen molar-refractivity contribution >= 4 is 27.1 Å². The number of nitrogens with one attached hydrogen (secondary N) is 2. The number of hydrogen-bond acceptors (Lipinski definition) is 7. The van der Waals surface area contributed by atoms with Crippen LogP contribution in [0.1, 0.15) is 28.4 Å². The Morgan fingerprint density at radius 2 is 1.89 bits per heavy atom. The molecule has 2 aromatic heterocycles. The number of aromatic nitrogens is 2. The quantitative estimate of drug-likeness (QED) is 0.578. The fourth-order valence-corrected chi connectivity index (χ4v) is 4.20. The number of carbonyl (C=O) groups excluding carboxylic acids is 1. The Kier molecular flexibility index (Phi) is 7.05. The molecule has 0 aromatic carbocycles. The molecule has 1 amide bonds. The number of rotatable bonds is 4. The van der Waals surface area contributed by atoms with E-state index in [0.29, 0.717) is 6.20 Å². The van der Waals surface area contributed by atoms with Crippen LogP contribution in [0.15, 0.2) is 29.6 Å². The molecule has 0 saturated carbocycles. The van der Waals surface area contributed by atoms with Crippen molar-refractivity contribution in [2.24, 2.45) is 0 Å². The van der Waals surface area contributed by atoms with E-state index in [1.165, 1.54) is 13.0 Å². The number of carbonyl (C=O) groups is 1. The van der Waals surface area contributed by atoms with Crippen LogP contribution < -0.4 is 10.2 Å². The van der Waals surface area contributed by atoms with Crippen molar-refractivity contribution in [2.75, 3.05) is 29.6 Å². The molecule has 0 spiro atoms. The normalized spacial score (nSPS) is 20.9. The standard InChI is InChI=1S/C20H21F6N5O3S/c1-10-8-31(9-14(34-10)20(24,25)26)17-16(11(2)13(7-29-17)19(21,22)23)18(32)30-12-4-5-28-15(6-12)35(3,27)33/h4-7,10,14,27H,8-9H2,1-3H3,(H,28,30,32)/t10?,14?,35-/m1/s1. The molecule has 0 aliphatic carbocycles. The highest BCUT2D eigenvalue weighted by Crippen LogP contribution is 2.37. The second kappa shape index (κ2) is 9.26. The minimum Gasteiger partial charge on any atom is -0.362 e. The Balaban J connectivity index is 2.09. The van der Waals surface area contributed by atoms with E-state index in [1.807, 2.05) is 0 Å². The summed E-state index contributed by atoms with van der Waals surface area (Å²) in [5.74, 6) is -1.45. The predicted molar refractivity (Wildman–Crippen MR) is 114 cm³/mol. The molecule has 1 saturated heterocycles. The SMILES string of the molecule is Cc1c(C(F)(F)F)cnc(N2CC(C)OC(C(F)(F)F)C2)c1C(=O)Nc1ccnc([S@](C)(=N)=O)c1. The smallest absolute Gasteiger partial charge is 0.362 e. The minimum absolute atomic E-state index is 0.0203. The summed E-state index contributed by atoms with van der Waals surface area (Å²) in [6.07, 6.45) is -10.1. The van der Waals surface area contributed by atoms with Gasteiger partial charge < -0.3 is 15.0 Å². The summed E-state index contributed by atoms with van der Waals surface area (Å²) in [4.78, 5) is 21.7. The summed E-state index contributed by atoms with van der Waals surface area (Å²) >= 11 is 0. The average molecular weight is 525 g/mol. The first-order valence-corrected chi connectivity index (χ1v) is 12.0. The summed E-state index contributed by atoms with van der Waals surface area (Å²) in [5, 5.41) is 2.17. The fourth-order valence-electron chi connectivity index (χ4n) is 3.59. The van der Waals surface area contributed by atoms with E-state index in [1.54, 1.807) is 0 Å². The minimum atomic E-state index is -4.87. The number of amides is 1. The van der Waals surface area contributed by atoms with Gasteiger partial charge in [-0.2, -0.15) is 26.3 Å². The molecule has 3 rings (SSSR count). The lowest BCUT2D eigenvalue weighted by Gasteiger charge is -2.39. The highest BCUT2D eigenvalue weighted by molar-refractivity contribution is 7.91. The molecule has 2 N–H and O–H groups in total. The molecule has 2 unspecified atom stereocenters. The van der Waals surface area contributed by atoms with Crippen LogP contribution in [0.4, 0.5) is 37.8 Å². The molecule has 3 heterocycles. The predicted octanol–water partition coefficient (Wildman–Crippen LogP) is 4.25. The van der Waals surface area contributed by atoms with Gasteiger partial charge in [0.25, 0.3) is 5.91 Å². The lowest BCUT2D eigenvalue weighted by atomic mass is 10.0. The molecule has 1 fully saturated rings. The van der Waals surface area contributed by atoms with Crippen LogP contribution in [0.3, 0.4) is 0 Å². The van der Waals surface area contributed by atoms with Crippen molar-refractivity contribution in [3.63, 3.8) is 0 Å². The lowest BCUT2D eigenvalue weighted by Crippen LogP contribution is -2.53. The second-order valence-electron chi connectivity index (χ2n) is 8.06. The van der Waals surface area contributed by atoms with Gasteiger partial charge in [0.2, 0.25) is 0 Å². The third kappa shape index (κ3) is 6.01. The van der Waals surface area contributed by atoms with Crippen LogP contribution in [0, 0.1) is 11.7 Å². The van der Waals surface area contributed by atoms with Crippen molar-refractivity contribution in [2.45, 2.75) is 43.4 Å². The van der Waals surface area contributed by atoms with Gasteiger partial charge in [-0.25, -0.2) is 19.0 Å². The van der Waals surface area contributed by atoms with Crippen molar-refractivity contribution < 1.29 is 40.1 Å². The zero-order valence-corrected chi connectivity index (χ0v) is 19.4. The highest BCUT2D eigenvalue weighted by atomic mass is 32.2. The van der Waals surface area contributed by atoms with Crippen molar-refractivity contribution in [1.82, 2.24) is 9.97 Å². The maximum Gasteiger partial charge on any atom is 0.418 e. The van der Waals surface area contributed by atoms with E-state index in [-0.39, 0.29) is 23.1 Å². The van der Waals surface area contributed by atoms with Crippen molar-refractivity contribution in [3.8, 4) is 0 Å². The first kappa shape index (κ1) is 26.7. The summed E-state index contributed by atoms with van der Waals surface area (Å²) in [7, 11) is -3.26. The Hall–Kier alpha value is -2.94. The Morgan fingerprint density at radius 3 is 2.46 bits per heavy atom. The van der Waals surface area contributed by atoms with Gasteiger partial charge in [-0.1, -0.05) is 0 Å². The topological polar surface area (TPSA) is 108 Å². The molecule has 35 heavy (non-hydrogen) atoms. The number of nitrogens with zero attached hydrogens (tertiary/aromatic N) is 3. The Morgan fingerprint density at radius 1 is 1.23 bits per heavy atom. The molecule has 8 nitrogen and oxygen atoms in total. The molecular formula is C20H21F6N5O3S. The third-order valence-corrected chi connectivity index (χ3v) is 6.19. The molecule has 0 bridgehead atoms. The number of alkyl halides is 6. The molecular weight excluding hydrogens is 504 g/mol. The van der Waals surface area contributed by atoms with E-state index in [0.717, 1.165) is 30.3 Å². The molecule has 1 aliphatic rings. The summed E-state index contributed by atoms with van der Waals surface area (Å²) in [6, 6.07) is 2.39. The van der Waals surface area contributed by atoms with Gasteiger partial charge in [0.15, 0.2) is 6.10 Å². The van der Waals surface area contributed by atoms with Gasteiger partial charge in [-0.05, 0) is 31.5 Å². The third-order valence-electron chi connectivity index (χ3n) is 5.17. The fraction of sp³-hybridized carbons (Fsp3) is 0.450. The highest BCUT2D eigenvalue weighted by Gasteiger charge is 2.46. The maximum absolute atomic E-state index is 13.5. The van der Waals surface area contributed by atoms with Crippen LogP contribution in [-0.2, 0) is 20.6 Å².